The van der Waals surface area contributed by atoms with E-state index in [1.807, 2.05) is 0 Å². The topological polar surface area (TPSA) is 29.3 Å². The Morgan fingerprint density at radius 2 is 2.13 bits per heavy atom. The summed E-state index contributed by atoms with van der Waals surface area (Å²) in [5.41, 5.74) is 7.82. The normalized spacial score (nSPS) is 46.9. The van der Waals surface area contributed by atoms with Crippen molar-refractivity contribution in [3.05, 3.63) is 12.2 Å². The van der Waals surface area contributed by atoms with Gasteiger partial charge in [0.25, 0.3) is 0 Å². The van der Waals surface area contributed by atoms with Gasteiger partial charge >= 0.3 is 0 Å². The maximum absolute atomic E-state index is 6.06. The summed E-state index contributed by atoms with van der Waals surface area (Å²) >= 11 is 0. The van der Waals surface area contributed by atoms with E-state index in [-0.39, 0.29) is 0 Å². The smallest absolute Gasteiger partial charge is 0.00532 e. The Balaban J connectivity index is 2.17. The predicted octanol–water partition coefficient (Wildman–Crippen LogP) is 1.73. The molecule has 4 unspecified atom stereocenters. The number of hydrogen-bond acceptors (Lipinski definition) is 2. The standard InChI is InChI=1S/C13H24N2/c1-9-5-13(7-14,8-15(4)6-9)12-10(2)11(12)3/h9,11-12H,2,5-8,14H2,1,3-4H3. The highest BCUT2D eigenvalue weighted by atomic mass is 15.1. The molecule has 0 aromatic rings. The van der Waals surface area contributed by atoms with Gasteiger partial charge in [0.15, 0.2) is 0 Å². The van der Waals surface area contributed by atoms with Crippen LogP contribution in [0.5, 0.6) is 0 Å². The molecule has 0 aromatic carbocycles. The van der Waals surface area contributed by atoms with Crippen LogP contribution in [0.3, 0.4) is 0 Å². The molecule has 1 aliphatic heterocycles. The van der Waals surface area contributed by atoms with E-state index in [0.717, 1.165) is 19.0 Å². The van der Waals surface area contributed by atoms with Crippen LogP contribution < -0.4 is 5.73 Å². The van der Waals surface area contributed by atoms with Gasteiger partial charge in [-0.1, -0.05) is 26.0 Å². The zero-order chi connectivity index (χ0) is 11.2. The molecule has 0 amide bonds. The first-order valence-electron chi connectivity index (χ1n) is 6.07. The number of nitrogens with two attached hydrogens (primary N) is 1. The minimum atomic E-state index is 0.322. The fourth-order valence-corrected chi connectivity index (χ4v) is 3.84. The van der Waals surface area contributed by atoms with Crippen LogP contribution in [0.25, 0.3) is 0 Å². The molecule has 0 bridgehead atoms. The van der Waals surface area contributed by atoms with E-state index in [4.69, 9.17) is 5.73 Å². The number of likely N-dealkylation sites (tertiary alicyclic amines) is 1. The van der Waals surface area contributed by atoms with Gasteiger partial charge in [-0.25, -0.2) is 0 Å². The van der Waals surface area contributed by atoms with Gasteiger partial charge in [0.1, 0.15) is 0 Å². The summed E-state index contributed by atoms with van der Waals surface area (Å²) in [5.74, 6) is 2.16. The van der Waals surface area contributed by atoms with Crippen molar-refractivity contribution in [2.45, 2.75) is 20.3 Å². The van der Waals surface area contributed by atoms with E-state index in [1.54, 1.807) is 0 Å². The SMILES string of the molecule is C=C1C(C)C1C1(CN)CC(C)CN(C)C1. The first-order valence-corrected chi connectivity index (χ1v) is 6.07. The average molecular weight is 208 g/mol. The molecule has 86 valence electrons. The molecular formula is C13H24N2. The van der Waals surface area contributed by atoms with Gasteiger partial charge in [0.2, 0.25) is 0 Å². The van der Waals surface area contributed by atoms with Crippen molar-refractivity contribution < 1.29 is 0 Å². The highest BCUT2D eigenvalue weighted by Crippen LogP contribution is 2.58. The van der Waals surface area contributed by atoms with Crippen LogP contribution in [0, 0.1) is 23.2 Å². The Hall–Kier alpha value is -0.340. The molecule has 0 spiro atoms. The van der Waals surface area contributed by atoms with Crippen LogP contribution in [0.2, 0.25) is 0 Å². The third-order valence-corrected chi connectivity index (χ3v) is 4.40. The van der Waals surface area contributed by atoms with Crippen LogP contribution in [-0.2, 0) is 0 Å². The fourth-order valence-electron chi connectivity index (χ4n) is 3.84. The summed E-state index contributed by atoms with van der Waals surface area (Å²) in [6.07, 6.45) is 1.28. The van der Waals surface area contributed by atoms with Gasteiger partial charge in [0.05, 0.1) is 0 Å². The van der Waals surface area contributed by atoms with Gasteiger partial charge in [0, 0.05) is 18.5 Å². The van der Waals surface area contributed by atoms with Gasteiger partial charge in [-0.05, 0) is 37.8 Å². The van der Waals surface area contributed by atoms with E-state index in [0.29, 0.717) is 17.3 Å². The van der Waals surface area contributed by atoms with E-state index >= 15 is 0 Å². The first kappa shape index (κ1) is 11.2. The van der Waals surface area contributed by atoms with Gasteiger partial charge in [-0.3, -0.25) is 0 Å². The van der Waals surface area contributed by atoms with Crippen molar-refractivity contribution in [1.29, 1.82) is 0 Å². The molecule has 1 saturated heterocycles. The molecule has 4 atom stereocenters. The number of piperidine rings is 1. The summed E-state index contributed by atoms with van der Waals surface area (Å²) in [7, 11) is 2.22. The zero-order valence-corrected chi connectivity index (χ0v) is 10.3. The third kappa shape index (κ3) is 1.74. The van der Waals surface area contributed by atoms with Gasteiger partial charge < -0.3 is 10.6 Å². The van der Waals surface area contributed by atoms with Gasteiger partial charge in [-0.15, -0.1) is 0 Å². The molecule has 2 rings (SSSR count). The maximum Gasteiger partial charge on any atom is 0.00532 e. The molecular weight excluding hydrogens is 184 g/mol. The van der Waals surface area contributed by atoms with E-state index in [9.17, 15) is 0 Å². The van der Waals surface area contributed by atoms with Gasteiger partial charge in [-0.2, -0.15) is 0 Å². The fraction of sp³-hybridized carbons (Fsp3) is 0.846. The Kier molecular flexibility index (Phi) is 2.68. The molecule has 2 N–H and O–H groups in total. The number of rotatable bonds is 2. The lowest BCUT2D eigenvalue weighted by atomic mass is 9.71. The number of allylic oxidation sites excluding steroid dienone is 1. The largest absolute Gasteiger partial charge is 0.330 e. The van der Waals surface area contributed by atoms with Crippen LogP contribution >= 0.6 is 0 Å². The minimum Gasteiger partial charge on any atom is -0.330 e. The molecule has 2 fully saturated rings. The molecule has 1 heterocycles. The third-order valence-electron chi connectivity index (χ3n) is 4.40. The van der Waals surface area contributed by atoms with E-state index < -0.39 is 0 Å². The Morgan fingerprint density at radius 3 is 2.53 bits per heavy atom. The monoisotopic (exact) mass is 208 g/mol. The molecule has 2 heteroatoms. The van der Waals surface area contributed by atoms with Crippen molar-refractivity contribution in [3.63, 3.8) is 0 Å². The van der Waals surface area contributed by atoms with E-state index in [1.165, 1.54) is 18.5 Å². The van der Waals surface area contributed by atoms with Crippen molar-refractivity contribution in [2.24, 2.45) is 28.9 Å². The molecule has 15 heavy (non-hydrogen) atoms. The Bertz CT molecular complexity index is 262. The van der Waals surface area contributed by atoms with Crippen molar-refractivity contribution >= 4 is 0 Å². The zero-order valence-electron chi connectivity index (χ0n) is 10.3. The second-order valence-electron chi connectivity index (χ2n) is 5.91. The minimum absolute atomic E-state index is 0.322. The molecule has 0 radical (unpaired) electrons. The van der Waals surface area contributed by atoms with Crippen LogP contribution in [0.15, 0.2) is 12.2 Å². The summed E-state index contributed by atoms with van der Waals surface area (Å²) in [4.78, 5) is 2.44. The average Bonchev–Trinajstić information content (AvgIpc) is 2.73. The maximum atomic E-state index is 6.06. The lowest BCUT2D eigenvalue weighted by Crippen LogP contribution is -2.50. The summed E-state index contributed by atoms with van der Waals surface area (Å²) in [6, 6.07) is 0. The second-order valence-corrected chi connectivity index (χ2v) is 5.91. The van der Waals surface area contributed by atoms with Crippen molar-refractivity contribution in [1.82, 2.24) is 4.90 Å². The summed E-state index contributed by atoms with van der Waals surface area (Å²) in [6.45, 7) is 12.0. The number of nitrogens with zero attached hydrogens (tertiary/aromatic N) is 1. The molecule has 0 aromatic heterocycles. The molecule has 2 aliphatic rings. The Labute approximate surface area is 93.5 Å². The molecule has 1 aliphatic carbocycles. The Morgan fingerprint density at radius 1 is 1.53 bits per heavy atom. The lowest BCUT2D eigenvalue weighted by Gasteiger charge is -2.44. The van der Waals surface area contributed by atoms with Crippen LogP contribution in [0.4, 0.5) is 0 Å². The second kappa shape index (κ2) is 3.60. The quantitative estimate of drug-likeness (QED) is 0.700. The summed E-state index contributed by atoms with van der Waals surface area (Å²) < 4.78 is 0. The highest BCUT2D eigenvalue weighted by Gasteiger charge is 2.54. The molecule has 1 saturated carbocycles. The lowest BCUT2D eigenvalue weighted by molar-refractivity contribution is 0.0582. The molecule has 2 nitrogen and oxygen atoms in total. The van der Waals surface area contributed by atoms with Crippen molar-refractivity contribution in [3.8, 4) is 0 Å². The summed E-state index contributed by atoms with van der Waals surface area (Å²) in [5, 5.41) is 0. The highest BCUT2D eigenvalue weighted by molar-refractivity contribution is 5.30. The van der Waals surface area contributed by atoms with Crippen LogP contribution in [-0.4, -0.2) is 31.6 Å². The first-order chi connectivity index (χ1) is 7.00. The van der Waals surface area contributed by atoms with Crippen molar-refractivity contribution in [2.75, 3.05) is 26.7 Å². The van der Waals surface area contributed by atoms with Crippen LogP contribution in [0.1, 0.15) is 20.3 Å². The predicted molar refractivity (Wildman–Crippen MR) is 64.6 cm³/mol. The number of hydrogen-bond donors (Lipinski definition) is 1. The van der Waals surface area contributed by atoms with E-state index in [2.05, 4.69) is 32.4 Å².